The zero-order valence-corrected chi connectivity index (χ0v) is 14.2. The fourth-order valence-electron chi connectivity index (χ4n) is 3.40. The summed E-state index contributed by atoms with van der Waals surface area (Å²) in [7, 11) is 0. The Balaban J connectivity index is 1.32. The van der Waals surface area contributed by atoms with Gasteiger partial charge in [-0.2, -0.15) is 0 Å². The first-order chi connectivity index (χ1) is 11.7. The number of hydrogen-bond acceptors (Lipinski definition) is 3. The first kappa shape index (κ1) is 17.0. The van der Waals surface area contributed by atoms with Crippen molar-refractivity contribution in [3.05, 3.63) is 35.9 Å². The molecule has 1 aliphatic heterocycles. The minimum atomic E-state index is -0.0243. The quantitative estimate of drug-likeness (QED) is 0.859. The van der Waals surface area contributed by atoms with Crippen molar-refractivity contribution in [3.8, 4) is 0 Å². The summed E-state index contributed by atoms with van der Waals surface area (Å²) in [5.74, 6) is 0.132. The molecule has 0 bridgehead atoms. The summed E-state index contributed by atoms with van der Waals surface area (Å²) in [6, 6.07) is 10.4. The van der Waals surface area contributed by atoms with Crippen LogP contribution in [0.2, 0.25) is 0 Å². The summed E-state index contributed by atoms with van der Waals surface area (Å²) >= 11 is 0. The molecule has 1 aromatic rings. The number of nitrogens with zero attached hydrogens (tertiary/aromatic N) is 2. The molecule has 1 saturated carbocycles. The normalized spacial score (nSPS) is 18.9. The number of hydrogen-bond donors (Lipinski definition) is 1. The molecule has 2 amide bonds. The van der Waals surface area contributed by atoms with E-state index >= 15 is 0 Å². The Bertz CT molecular complexity index is 549. The van der Waals surface area contributed by atoms with Crippen molar-refractivity contribution >= 4 is 11.8 Å². The van der Waals surface area contributed by atoms with E-state index in [4.69, 9.17) is 0 Å². The molecule has 2 aliphatic rings. The number of carbonyl (C=O) groups is 2. The molecule has 0 radical (unpaired) electrons. The number of nitrogens with one attached hydrogen (secondary N) is 1. The average molecular weight is 329 g/mol. The van der Waals surface area contributed by atoms with E-state index in [0.29, 0.717) is 19.4 Å². The van der Waals surface area contributed by atoms with E-state index < -0.39 is 0 Å². The second-order valence-corrected chi connectivity index (χ2v) is 6.76. The van der Waals surface area contributed by atoms with Gasteiger partial charge in [-0.15, -0.1) is 0 Å². The maximum Gasteiger partial charge on any atom is 0.224 e. The smallest absolute Gasteiger partial charge is 0.224 e. The van der Waals surface area contributed by atoms with Crippen molar-refractivity contribution in [2.45, 2.75) is 38.1 Å². The number of carbonyl (C=O) groups excluding carboxylic acids is 2. The highest BCUT2D eigenvalue weighted by Gasteiger charge is 2.29. The third-order valence-corrected chi connectivity index (χ3v) is 5.13. The highest BCUT2D eigenvalue weighted by molar-refractivity contribution is 5.80. The number of benzene rings is 1. The lowest BCUT2D eigenvalue weighted by atomic mass is 9.91. The Morgan fingerprint density at radius 1 is 1.04 bits per heavy atom. The van der Waals surface area contributed by atoms with E-state index in [0.717, 1.165) is 37.8 Å². The fourth-order valence-corrected chi connectivity index (χ4v) is 3.40. The number of amides is 2. The Hall–Kier alpha value is -1.88. The summed E-state index contributed by atoms with van der Waals surface area (Å²) in [6.45, 7) is 4.07. The molecule has 1 aromatic carbocycles. The average Bonchev–Trinajstić information content (AvgIpc) is 2.55. The molecule has 2 fully saturated rings. The molecule has 1 aliphatic carbocycles. The van der Waals surface area contributed by atoms with Crippen LogP contribution in [0.3, 0.4) is 0 Å². The molecule has 0 spiro atoms. The second kappa shape index (κ2) is 8.29. The molecule has 0 atom stereocenters. The van der Waals surface area contributed by atoms with Gasteiger partial charge < -0.3 is 10.2 Å². The lowest BCUT2D eigenvalue weighted by molar-refractivity contribution is -0.133. The van der Waals surface area contributed by atoms with Crippen LogP contribution < -0.4 is 5.32 Å². The van der Waals surface area contributed by atoms with Gasteiger partial charge in [0.2, 0.25) is 11.8 Å². The van der Waals surface area contributed by atoms with Crippen molar-refractivity contribution in [2.24, 2.45) is 0 Å². The Morgan fingerprint density at radius 3 is 2.38 bits per heavy atom. The van der Waals surface area contributed by atoms with Gasteiger partial charge in [0, 0.05) is 45.2 Å². The maximum atomic E-state index is 12.3. The van der Waals surface area contributed by atoms with E-state index in [9.17, 15) is 9.59 Å². The molecule has 1 heterocycles. The minimum Gasteiger partial charge on any atom is -0.355 e. The summed E-state index contributed by atoms with van der Waals surface area (Å²) in [6.07, 6.45) is 4.76. The highest BCUT2D eigenvalue weighted by Crippen LogP contribution is 2.25. The SMILES string of the molecule is O=C(Cc1ccccc1)NCCC(=O)N1CCN(C2CCC2)CC1. The fraction of sp³-hybridized carbons (Fsp3) is 0.579. The predicted molar refractivity (Wildman–Crippen MR) is 93.6 cm³/mol. The molecular weight excluding hydrogens is 302 g/mol. The minimum absolute atomic E-state index is 0.0243. The zero-order chi connectivity index (χ0) is 16.8. The van der Waals surface area contributed by atoms with Crippen LogP contribution in [0.5, 0.6) is 0 Å². The first-order valence-electron chi connectivity index (χ1n) is 9.05. The van der Waals surface area contributed by atoms with Crippen molar-refractivity contribution in [2.75, 3.05) is 32.7 Å². The zero-order valence-electron chi connectivity index (χ0n) is 14.2. The van der Waals surface area contributed by atoms with E-state index in [2.05, 4.69) is 10.2 Å². The van der Waals surface area contributed by atoms with Crippen LogP contribution in [-0.4, -0.2) is 60.4 Å². The summed E-state index contributed by atoms with van der Waals surface area (Å²) < 4.78 is 0. The lowest BCUT2D eigenvalue weighted by Gasteiger charge is -2.43. The molecule has 130 valence electrons. The van der Waals surface area contributed by atoms with Crippen LogP contribution in [0, 0.1) is 0 Å². The van der Waals surface area contributed by atoms with Gasteiger partial charge in [0.05, 0.1) is 6.42 Å². The van der Waals surface area contributed by atoms with Crippen molar-refractivity contribution in [1.29, 1.82) is 0 Å². The molecule has 3 rings (SSSR count). The summed E-state index contributed by atoms with van der Waals surface area (Å²) in [4.78, 5) is 28.6. The van der Waals surface area contributed by atoms with Crippen LogP contribution in [0.25, 0.3) is 0 Å². The van der Waals surface area contributed by atoms with Gasteiger partial charge >= 0.3 is 0 Å². The molecule has 5 nitrogen and oxygen atoms in total. The van der Waals surface area contributed by atoms with Gasteiger partial charge in [-0.1, -0.05) is 36.8 Å². The molecule has 0 aromatic heterocycles. The van der Waals surface area contributed by atoms with Gasteiger partial charge in [-0.3, -0.25) is 14.5 Å². The van der Waals surface area contributed by atoms with Crippen molar-refractivity contribution < 1.29 is 9.59 Å². The van der Waals surface area contributed by atoms with Crippen LogP contribution in [0.15, 0.2) is 30.3 Å². The van der Waals surface area contributed by atoms with E-state index in [1.807, 2.05) is 35.2 Å². The third kappa shape index (κ3) is 4.57. The summed E-state index contributed by atoms with van der Waals surface area (Å²) in [5, 5.41) is 2.85. The monoisotopic (exact) mass is 329 g/mol. The molecule has 24 heavy (non-hydrogen) atoms. The molecule has 1 saturated heterocycles. The Kier molecular flexibility index (Phi) is 5.86. The first-order valence-corrected chi connectivity index (χ1v) is 9.05. The van der Waals surface area contributed by atoms with Gasteiger partial charge in [-0.25, -0.2) is 0 Å². The van der Waals surface area contributed by atoms with E-state index in [-0.39, 0.29) is 11.8 Å². The van der Waals surface area contributed by atoms with E-state index in [1.165, 1.54) is 19.3 Å². The second-order valence-electron chi connectivity index (χ2n) is 6.76. The van der Waals surface area contributed by atoms with Gasteiger partial charge in [0.15, 0.2) is 0 Å². The van der Waals surface area contributed by atoms with Crippen LogP contribution in [0.4, 0.5) is 0 Å². The third-order valence-electron chi connectivity index (χ3n) is 5.13. The number of rotatable bonds is 6. The molecular formula is C19H27N3O2. The van der Waals surface area contributed by atoms with Crippen molar-refractivity contribution in [3.63, 3.8) is 0 Å². The molecule has 5 heteroatoms. The van der Waals surface area contributed by atoms with E-state index in [1.54, 1.807) is 0 Å². The highest BCUT2D eigenvalue weighted by atomic mass is 16.2. The van der Waals surface area contributed by atoms with Crippen molar-refractivity contribution in [1.82, 2.24) is 15.1 Å². The largest absolute Gasteiger partial charge is 0.355 e. The Morgan fingerprint density at radius 2 is 1.75 bits per heavy atom. The molecule has 0 unspecified atom stereocenters. The van der Waals surface area contributed by atoms with Gasteiger partial charge in [0.1, 0.15) is 0 Å². The lowest BCUT2D eigenvalue weighted by Crippen LogP contribution is -2.53. The Labute approximate surface area is 144 Å². The maximum absolute atomic E-state index is 12.3. The van der Waals surface area contributed by atoms with Gasteiger partial charge in [-0.05, 0) is 18.4 Å². The van der Waals surface area contributed by atoms with Gasteiger partial charge in [0.25, 0.3) is 0 Å². The predicted octanol–water partition coefficient (Wildman–Crippen LogP) is 1.43. The molecule has 1 N–H and O–H groups in total. The van der Waals surface area contributed by atoms with Crippen LogP contribution in [-0.2, 0) is 16.0 Å². The topological polar surface area (TPSA) is 52.7 Å². The number of piperazine rings is 1. The standard InChI is InChI=1S/C19H27N3O2/c23-18(15-16-5-2-1-3-6-16)20-10-9-19(24)22-13-11-21(12-14-22)17-7-4-8-17/h1-3,5-6,17H,4,7-15H2,(H,20,23). The van der Waals surface area contributed by atoms with Crippen LogP contribution >= 0.6 is 0 Å². The van der Waals surface area contributed by atoms with Crippen LogP contribution in [0.1, 0.15) is 31.2 Å². The summed E-state index contributed by atoms with van der Waals surface area (Å²) in [5.41, 5.74) is 0.994.